The summed E-state index contributed by atoms with van der Waals surface area (Å²) in [6.07, 6.45) is 0. The monoisotopic (exact) mass is 323 g/mol. The SMILES string of the molecule is COc1ccc(F)cc1C(=O)c1cccc(N)c1Br. The molecule has 2 aromatic rings. The number of hydrogen-bond donors (Lipinski definition) is 1. The highest BCUT2D eigenvalue weighted by molar-refractivity contribution is 9.10. The minimum absolute atomic E-state index is 0.161. The van der Waals surface area contributed by atoms with Crippen molar-refractivity contribution in [3.05, 3.63) is 57.8 Å². The Hall–Kier alpha value is -1.88. The van der Waals surface area contributed by atoms with Crippen LogP contribution < -0.4 is 10.5 Å². The lowest BCUT2D eigenvalue weighted by Gasteiger charge is -2.10. The van der Waals surface area contributed by atoms with E-state index in [9.17, 15) is 9.18 Å². The molecule has 3 nitrogen and oxygen atoms in total. The van der Waals surface area contributed by atoms with Gasteiger partial charge in [-0.1, -0.05) is 6.07 Å². The molecule has 2 rings (SSSR count). The van der Waals surface area contributed by atoms with Crippen molar-refractivity contribution in [1.29, 1.82) is 0 Å². The van der Waals surface area contributed by atoms with Gasteiger partial charge in [0.1, 0.15) is 11.6 Å². The first-order valence-electron chi connectivity index (χ1n) is 5.47. The van der Waals surface area contributed by atoms with Crippen molar-refractivity contribution in [2.75, 3.05) is 12.8 Å². The van der Waals surface area contributed by atoms with Crippen LogP contribution >= 0.6 is 15.9 Å². The van der Waals surface area contributed by atoms with E-state index in [1.54, 1.807) is 18.2 Å². The smallest absolute Gasteiger partial charge is 0.198 e. The Balaban J connectivity index is 2.56. The molecule has 0 aromatic heterocycles. The lowest BCUT2D eigenvalue weighted by molar-refractivity contribution is 0.103. The van der Waals surface area contributed by atoms with E-state index < -0.39 is 5.82 Å². The zero-order valence-electron chi connectivity index (χ0n) is 10.1. The normalized spacial score (nSPS) is 10.3. The fourth-order valence-electron chi connectivity index (χ4n) is 1.73. The summed E-state index contributed by atoms with van der Waals surface area (Å²) in [7, 11) is 1.43. The Morgan fingerprint density at radius 1 is 1.26 bits per heavy atom. The van der Waals surface area contributed by atoms with Crippen molar-refractivity contribution in [3.63, 3.8) is 0 Å². The molecule has 0 saturated carbocycles. The molecule has 2 aromatic carbocycles. The Kier molecular flexibility index (Phi) is 3.85. The van der Waals surface area contributed by atoms with Crippen molar-refractivity contribution in [1.82, 2.24) is 0 Å². The van der Waals surface area contributed by atoms with Gasteiger partial charge in [0.05, 0.1) is 17.1 Å². The van der Waals surface area contributed by atoms with Crippen molar-refractivity contribution in [2.45, 2.75) is 0 Å². The van der Waals surface area contributed by atoms with Crippen molar-refractivity contribution in [2.24, 2.45) is 0 Å². The van der Waals surface area contributed by atoms with E-state index in [0.717, 1.165) is 6.07 Å². The average molecular weight is 324 g/mol. The molecule has 0 fully saturated rings. The van der Waals surface area contributed by atoms with Gasteiger partial charge in [0, 0.05) is 11.3 Å². The zero-order chi connectivity index (χ0) is 14.0. The van der Waals surface area contributed by atoms with Gasteiger partial charge in [-0.3, -0.25) is 4.79 Å². The average Bonchev–Trinajstić information content (AvgIpc) is 2.41. The molecular formula is C14H11BrFNO2. The van der Waals surface area contributed by atoms with Crippen LogP contribution in [0, 0.1) is 5.82 Å². The molecule has 0 spiro atoms. The first kappa shape index (κ1) is 13.5. The van der Waals surface area contributed by atoms with Gasteiger partial charge in [-0.15, -0.1) is 0 Å². The number of ether oxygens (including phenoxy) is 1. The number of carbonyl (C=O) groups is 1. The van der Waals surface area contributed by atoms with Crippen molar-refractivity contribution in [3.8, 4) is 5.75 Å². The summed E-state index contributed by atoms with van der Waals surface area (Å²) in [5, 5.41) is 0. The molecule has 0 aliphatic heterocycles. The van der Waals surface area contributed by atoms with E-state index in [4.69, 9.17) is 10.5 Å². The van der Waals surface area contributed by atoms with Gasteiger partial charge in [-0.25, -0.2) is 4.39 Å². The largest absolute Gasteiger partial charge is 0.496 e. The fraction of sp³-hybridized carbons (Fsp3) is 0.0714. The summed E-state index contributed by atoms with van der Waals surface area (Å²) in [6, 6.07) is 8.76. The maximum absolute atomic E-state index is 13.3. The Morgan fingerprint density at radius 3 is 2.68 bits per heavy atom. The number of halogens is 2. The molecule has 0 heterocycles. The number of nitrogen functional groups attached to an aromatic ring is 1. The highest BCUT2D eigenvalue weighted by Gasteiger charge is 2.18. The second-order valence-corrected chi connectivity index (χ2v) is 4.68. The Morgan fingerprint density at radius 2 is 2.00 bits per heavy atom. The second-order valence-electron chi connectivity index (χ2n) is 3.88. The summed E-state index contributed by atoms with van der Waals surface area (Å²) in [4.78, 5) is 12.4. The van der Waals surface area contributed by atoms with Crippen LogP contribution in [0.2, 0.25) is 0 Å². The van der Waals surface area contributed by atoms with Gasteiger partial charge in [0.2, 0.25) is 0 Å². The van der Waals surface area contributed by atoms with Crippen LogP contribution in [0.1, 0.15) is 15.9 Å². The highest BCUT2D eigenvalue weighted by atomic mass is 79.9. The third-order valence-corrected chi connectivity index (χ3v) is 3.56. The lowest BCUT2D eigenvalue weighted by Crippen LogP contribution is -2.06. The summed E-state index contributed by atoms with van der Waals surface area (Å²) >= 11 is 3.26. The van der Waals surface area contributed by atoms with E-state index in [-0.39, 0.29) is 11.3 Å². The van der Waals surface area contributed by atoms with E-state index in [1.165, 1.54) is 19.2 Å². The Labute approximate surface area is 118 Å². The molecule has 5 heteroatoms. The maximum atomic E-state index is 13.3. The maximum Gasteiger partial charge on any atom is 0.198 e. The molecule has 0 bridgehead atoms. The van der Waals surface area contributed by atoms with E-state index in [2.05, 4.69) is 15.9 Å². The number of ketones is 1. The number of benzene rings is 2. The molecular weight excluding hydrogens is 313 g/mol. The van der Waals surface area contributed by atoms with Crippen LogP contribution in [-0.2, 0) is 0 Å². The second kappa shape index (κ2) is 5.40. The predicted molar refractivity (Wildman–Crippen MR) is 74.9 cm³/mol. The number of nitrogens with two attached hydrogens (primary N) is 1. The third kappa shape index (κ3) is 2.61. The molecule has 2 N–H and O–H groups in total. The Bertz CT molecular complexity index is 643. The molecule has 0 amide bonds. The molecule has 0 aliphatic rings. The predicted octanol–water partition coefficient (Wildman–Crippen LogP) is 3.41. The van der Waals surface area contributed by atoms with E-state index >= 15 is 0 Å². The van der Waals surface area contributed by atoms with Crippen LogP contribution in [-0.4, -0.2) is 12.9 Å². The van der Waals surface area contributed by atoms with Gasteiger partial charge in [-0.2, -0.15) is 0 Å². The minimum atomic E-state index is -0.496. The molecule has 0 unspecified atom stereocenters. The molecule has 19 heavy (non-hydrogen) atoms. The van der Waals surface area contributed by atoms with Crippen LogP contribution in [0.4, 0.5) is 10.1 Å². The summed E-state index contributed by atoms with van der Waals surface area (Å²) in [6.45, 7) is 0. The standard InChI is InChI=1S/C14H11BrFNO2/c1-19-12-6-5-8(16)7-10(12)14(18)9-3-2-4-11(17)13(9)15/h2-7H,17H2,1H3. The quantitative estimate of drug-likeness (QED) is 0.695. The minimum Gasteiger partial charge on any atom is -0.496 e. The van der Waals surface area contributed by atoms with Gasteiger partial charge in [-0.05, 0) is 46.3 Å². The first-order chi connectivity index (χ1) is 9.04. The first-order valence-corrected chi connectivity index (χ1v) is 6.26. The molecule has 0 aliphatic carbocycles. The fourth-order valence-corrected chi connectivity index (χ4v) is 2.17. The summed E-state index contributed by atoms with van der Waals surface area (Å²) < 4.78 is 18.9. The van der Waals surface area contributed by atoms with Gasteiger partial charge >= 0.3 is 0 Å². The lowest BCUT2D eigenvalue weighted by atomic mass is 10.0. The molecule has 0 atom stereocenters. The summed E-state index contributed by atoms with van der Waals surface area (Å²) in [5.41, 5.74) is 6.70. The van der Waals surface area contributed by atoms with Crippen LogP contribution in [0.3, 0.4) is 0 Å². The van der Waals surface area contributed by atoms with Gasteiger partial charge in [0.15, 0.2) is 5.78 Å². The number of rotatable bonds is 3. The number of methoxy groups -OCH3 is 1. The summed E-state index contributed by atoms with van der Waals surface area (Å²) in [5.74, 6) is -0.527. The van der Waals surface area contributed by atoms with Crippen molar-refractivity contribution >= 4 is 27.4 Å². The van der Waals surface area contributed by atoms with E-state index in [0.29, 0.717) is 21.5 Å². The number of anilines is 1. The topological polar surface area (TPSA) is 52.3 Å². The molecule has 0 radical (unpaired) electrons. The number of carbonyl (C=O) groups excluding carboxylic acids is 1. The van der Waals surface area contributed by atoms with Crippen molar-refractivity contribution < 1.29 is 13.9 Å². The third-order valence-electron chi connectivity index (χ3n) is 2.68. The van der Waals surface area contributed by atoms with Crippen LogP contribution in [0.15, 0.2) is 40.9 Å². The molecule has 98 valence electrons. The van der Waals surface area contributed by atoms with Crippen LogP contribution in [0.25, 0.3) is 0 Å². The van der Waals surface area contributed by atoms with E-state index in [1.807, 2.05) is 0 Å². The highest BCUT2D eigenvalue weighted by Crippen LogP contribution is 2.29. The van der Waals surface area contributed by atoms with Gasteiger partial charge in [0.25, 0.3) is 0 Å². The van der Waals surface area contributed by atoms with Gasteiger partial charge < -0.3 is 10.5 Å². The molecule has 0 saturated heterocycles. The number of hydrogen-bond acceptors (Lipinski definition) is 3. The van der Waals surface area contributed by atoms with Crippen LogP contribution in [0.5, 0.6) is 5.75 Å². The zero-order valence-corrected chi connectivity index (χ0v) is 11.7.